The molecule has 1 aliphatic heterocycles. The van der Waals surface area contributed by atoms with Gasteiger partial charge in [-0.1, -0.05) is 42.0 Å². The first kappa shape index (κ1) is 19.9. The second-order valence-electron chi connectivity index (χ2n) is 6.39. The average molecular weight is 374 g/mol. The first-order valence-electron chi connectivity index (χ1n) is 8.58. The third-order valence-corrected chi connectivity index (χ3v) is 4.43. The number of hydrogen-bond donors (Lipinski definition) is 3. The third kappa shape index (κ3) is 5.07. The normalized spacial score (nSPS) is 15.8. The zero-order valence-electron chi connectivity index (χ0n) is 14.7. The molecule has 26 heavy (non-hydrogen) atoms. The summed E-state index contributed by atoms with van der Waals surface area (Å²) in [6.45, 7) is 4.03. The van der Waals surface area contributed by atoms with Gasteiger partial charge in [0.25, 0.3) is 5.91 Å². The number of aryl methyl sites for hydroxylation is 1. The molecule has 1 fully saturated rings. The molecular weight excluding hydrogens is 350 g/mol. The molecule has 138 valence electrons. The Balaban J connectivity index is 0.00000243. The topological polar surface area (TPSA) is 70.2 Å². The van der Waals surface area contributed by atoms with Gasteiger partial charge in [-0.25, -0.2) is 0 Å². The first-order chi connectivity index (χ1) is 12.1. The van der Waals surface area contributed by atoms with Gasteiger partial charge in [0, 0.05) is 13.1 Å². The van der Waals surface area contributed by atoms with Crippen molar-refractivity contribution in [1.29, 1.82) is 0 Å². The molecule has 2 aromatic rings. The molecule has 0 spiro atoms. The van der Waals surface area contributed by atoms with Gasteiger partial charge in [-0.2, -0.15) is 0 Å². The molecule has 2 aromatic carbocycles. The Kier molecular flexibility index (Phi) is 7.18. The fourth-order valence-corrected chi connectivity index (χ4v) is 2.89. The van der Waals surface area contributed by atoms with Gasteiger partial charge in [0.05, 0.1) is 17.2 Å². The van der Waals surface area contributed by atoms with Crippen LogP contribution in [-0.2, 0) is 11.3 Å². The molecule has 0 radical (unpaired) electrons. The quantitative estimate of drug-likeness (QED) is 0.754. The molecule has 3 N–H and O–H groups in total. The van der Waals surface area contributed by atoms with Crippen molar-refractivity contribution in [2.45, 2.75) is 19.9 Å². The molecule has 0 aliphatic carbocycles. The van der Waals surface area contributed by atoms with Crippen LogP contribution in [0.5, 0.6) is 0 Å². The fraction of sp³-hybridized carbons (Fsp3) is 0.300. The van der Waals surface area contributed by atoms with Crippen LogP contribution in [0.25, 0.3) is 0 Å². The Bertz CT molecular complexity index is 756. The molecule has 0 bridgehead atoms. The summed E-state index contributed by atoms with van der Waals surface area (Å²) in [7, 11) is 0. The lowest BCUT2D eigenvalue weighted by atomic mass is 10.1. The highest BCUT2D eigenvalue weighted by Crippen LogP contribution is 2.18. The van der Waals surface area contributed by atoms with Crippen LogP contribution in [0.1, 0.15) is 27.9 Å². The number of carbonyl (C=O) groups excluding carboxylic acids is 2. The molecule has 3 rings (SSSR count). The van der Waals surface area contributed by atoms with Crippen LogP contribution in [-0.4, -0.2) is 24.9 Å². The van der Waals surface area contributed by atoms with Gasteiger partial charge in [0.1, 0.15) is 0 Å². The molecule has 5 nitrogen and oxygen atoms in total. The minimum Gasteiger partial charge on any atom is -0.348 e. The van der Waals surface area contributed by atoms with Crippen molar-refractivity contribution < 1.29 is 9.59 Å². The Morgan fingerprint density at radius 2 is 1.85 bits per heavy atom. The number of benzene rings is 2. The predicted molar refractivity (Wildman–Crippen MR) is 106 cm³/mol. The number of hydrogen-bond acceptors (Lipinski definition) is 3. The number of anilines is 1. The molecular formula is C20H24ClN3O2. The molecule has 1 heterocycles. The summed E-state index contributed by atoms with van der Waals surface area (Å²) in [5.74, 6) is -0.270. The maximum atomic E-state index is 12.5. The average Bonchev–Trinajstić information content (AvgIpc) is 3.16. The third-order valence-electron chi connectivity index (χ3n) is 4.43. The van der Waals surface area contributed by atoms with Gasteiger partial charge in [0.2, 0.25) is 5.91 Å². The highest BCUT2D eigenvalue weighted by Gasteiger charge is 2.23. The lowest BCUT2D eigenvalue weighted by Crippen LogP contribution is -2.28. The van der Waals surface area contributed by atoms with E-state index in [1.807, 2.05) is 37.3 Å². The Morgan fingerprint density at radius 1 is 1.12 bits per heavy atom. The number of halogens is 1. The summed E-state index contributed by atoms with van der Waals surface area (Å²) in [6.07, 6.45) is 0.827. The van der Waals surface area contributed by atoms with E-state index in [0.29, 0.717) is 24.3 Å². The van der Waals surface area contributed by atoms with Crippen LogP contribution in [0, 0.1) is 12.8 Å². The summed E-state index contributed by atoms with van der Waals surface area (Å²) in [5.41, 5.74) is 3.26. The van der Waals surface area contributed by atoms with E-state index < -0.39 is 0 Å². The van der Waals surface area contributed by atoms with Crippen molar-refractivity contribution in [3.63, 3.8) is 0 Å². The van der Waals surface area contributed by atoms with Crippen LogP contribution >= 0.6 is 12.4 Å². The summed E-state index contributed by atoms with van der Waals surface area (Å²) in [5, 5.41) is 8.99. The minimum absolute atomic E-state index is 0. The fourth-order valence-electron chi connectivity index (χ4n) is 2.89. The lowest BCUT2D eigenvalue weighted by molar-refractivity contribution is -0.119. The number of amides is 2. The van der Waals surface area contributed by atoms with E-state index in [1.54, 1.807) is 18.2 Å². The molecule has 2 amide bonds. The highest BCUT2D eigenvalue weighted by molar-refractivity contribution is 6.04. The lowest BCUT2D eigenvalue weighted by Gasteiger charge is -2.14. The SMILES string of the molecule is Cc1ccc(CNC(=O)c2ccccc2NC(=O)C2CCNC2)cc1.Cl. The van der Waals surface area contributed by atoms with Crippen molar-refractivity contribution in [2.24, 2.45) is 5.92 Å². The monoisotopic (exact) mass is 373 g/mol. The van der Waals surface area contributed by atoms with E-state index >= 15 is 0 Å². The molecule has 0 aromatic heterocycles. The van der Waals surface area contributed by atoms with E-state index in [0.717, 1.165) is 18.5 Å². The second kappa shape index (κ2) is 9.36. The maximum absolute atomic E-state index is 12.5. The maximum Gasteiger partial charge on any atom is 0.253 e. The van der Waals surface area contributed by atoms with Crippen LogP contribution < -0.4 is 16.0 Å². The van der Waals surface area contributed by atoms with Gasteiger partial charge in [-0.3, -0.25) is 9.59 Å². The van der Waals surface area contributed by atoms with Crippen molar-refractivity contribution in [1.82, 2.24) is 10.6 Å². The molecule has 1 saturated heterocycles. The number of carbonyl (C=O) groups is 2. The summed E-state index contributed by atoms with van der Waals surface area (Å²) >= 11 is 0. The van der Waals surface area contributed by atoms with Crippen LogP contribution in [0.4, 0.5) is 5.69 Å². The van der Waals surface area contributed by atoms with E-state index in [4.69, 9.17) is 0 Å². The minimum atomic E-state index is -0.193. The second-order valence-corrected chi connectivity index (χ2v) is 6.39. The first-order valence-corrected chi connectivity index (χ1v) is 8.58. The van der Waals surface area contributed by atoms with Gasteiger partial charge in [0.15, 0.2) is 0 Å². The molecule has 1 aliphatic rings. The number of nitrogens with one attached hydrogen (secondary N) is 3. The van der Waals surface area contributed by atoms with Gasteiger partial charge >= 0.3 is 0 Å². The predicted octanol–water partition coefficient (Wildman–Crippen LogP) is 2.89. The van der Waals surface area contributed by atoms with Crippen LogP contribution in [0.3, 0.4) is 0 Å². The summed E-state index contributed by atoms with van der Waals surface area (Å²) in [4.78, 5) is 24.9. The molecule has 0 saturated carbocycles. The summed E-state index contributed by atoms with van der Waals surface area (Å²) in [6, 6.07) is 15.1. The van der Waals surface area contributed by atoms with Crippen molar-refractivity contribution in [2.75, 3.05) is 18.4 Å². The highest BCUT2D eigenvalue weighted by atomic mass is 35.5. The van der Waals surface area contributed by atoms with Crippen LogP contribution in [0.15, 0.2) is 48.5 Å². The van der Waals surface area contributed by atoms with E-state index in [2.05, 4.69) is 16.0 Å². The molecule has 1 unspecified atom stereocenters. The zero-order valence-corrected chi connectivity index (χ0v) is 15.6. The van der Waals surface area contributed by atoms with E-state index in [1.165, 1.54) is 5.56 Å². The zero-order chi connectivity index (χ0) is 17.6. The summed E-state index contributed by atoms with van der Waals surface area (Å²) < 4.78 is 0. The van der Waals surface area contributed by atoms with Crippen molar-refractivity contribution in [3.05, 3.63) is 65.2 Å². The van der Waals surface area contributed by atoms with Gasteiger partial charge in [-0.05, 0) is 37.6 Å². The number of rotatable bonds is 5. The smallest absolute Gasteiger partial charge is 0.253 e. The Labute approximate surface area is 160 Å². The van der Waals surface area contributed by atoms with Crippen molar-refractivity contribution in [3.8, 4) is 0 Å². The number of para-hydroxylation sites is 1. The Morgan fingerprint density at radius 3 is 2.54 bits per heavy atom. The van der Waals surface area contributed by atoms with E-state index in [-0.39, 0.29) is 30.1 Å². The van der Waals surface area contributed by atoms with Crippen molar-refractivity contribution >= 4 is 29.9 Å². The molecule has 6 heteroatoms. The van der Waals surface area contributed by atoms with Gasteiger partial charge < -0.3 is 16.0 Å². The largest absolute Gasteiger partial charge is 0.348 e. The standard InChI is InChI=1S/C20H23N3O2.ClH/c1-14-6-8-15(9-7-14)12-22-20(25)17-4-2-3-5-18(17)23-19(24)16-10-11-21-13-16;/h2-9,16,21H,10-13H2,1H3,(H,22,25)(H,23,24);1H. The van der Waals surface area contributed by atoms with E-state index in [9.17, 15) is 9.59 Å². The van der Waals surface area contributed by atoms with Gasteiger partial charge in [-0.15, -0.1) is 12.4 Å². The molecule has 1 atom stereocenters. The van der Waals surface area contributed by atoms with Crippen LogP contribution in [0.2, 0.25) is 0 Å². The Hall–Kier alpha value is -2.37.